The molecule has 0 aliphatic heterocycles. The first-order valence-electron chi connectivity index (χ1n) is 19.5. The van der Waals surface area contributed by atoms with Crippen LogP contribution in [0.4, 0.5) is 17.1 Å². The van der Waals surface area contributed by atoms with Crippen LogP contribution in [0.15, 0.2) is 224 Å². The fourth-order valence-electron chi connectivity index (χ4n) is 8.51. The zero-order valence-corrected chi connectivity index (χ0v) is 31.0. The summed E-state index contributed by atoms with van der Waals surface area (Å²) in [6.07, 6.45) is 7.79. The summed E-state index contributed by atoms with van der Waals surface area (Å²) < 4.78 is 2.57. The lowest BCUT2D eigenvalue weighted by molar-refractivity contribution is 0.666. The first-order chi connectivity index (χ1) is 27.8. The molecule has 1 aliphatic rings. The van der Waals surface area contributed by atoms with Crippen LogP contribution >= 0.6 is 0 Å². The molecular formula is C54H40N2. The summed E-state index contributed by atoms with van der Waals surface area (Å²) in [5, 5.41) is 2.59. The van der Waals surface area contributed by atoms with Gasteiger partial charge in [0.15, 0.2) is 0 Å². The van der Waals surface area contributed by atoms with Gasteiger partial charge in [0.2, 0.25) is 0 Å². The maximum Gasteiger partial charge on any atom is 0.0632 e. The zero-order chi connectivity index (χ0) is 37.3. The van der Waals surface area contributed by atoms with Crippen molar-refractivity contribution in [1.82, 2.24) is 4.57 Å². The van der Waals surface area contributed by atoms with Crippen molar-refractivity contribution in [2.24, 2.45) is 0 Å². The van der Waals surface area contributed by atoms with Crippen LogP contribution < -0.4 is 4.90 Å². The van der Waals surface area contributed by atoms with Gasteiger partial charge in [-0.15, -0.1) is 0 Å². The molecular weight excluding hydrogens is 677 g/mol. The van der Waals surface area contributed by atoms with Crippen LogP contribution in [-0.2, 0) is 0 Å². The monoisotopic (exact) mass is 716 g/mol. The minimum absolute atomic E-state index is 0.137. The SMILES string of the molecule is C1=CCC(n2c3ccccc3c3ccccc32)C(c2ccc(N(c3ccccc3)c3ccc(-c4ccc(-c5ccccc5)cc4)cc3)cc2-c2ccccc2)=C1. The van der Waals surface area contributed by atoms with Crippen molar-refractivity contribution in [3.8, 4) is 33.4 Å². The highest BCUT2D eigenvalue weighted by Crippen LogP contribution is 2.45. The Morgan fingerprint density at radius 3 is 1.46 bits per heavy atom. The smallest absolute Gasteiger partial charge is 0.0632 e. The van der Waals surface area contributed by atoms with Crippen LogP contribution in [0.2, 0.25) is 0 Å². The van der Waals surface area contributed by atoms with Crippen molar-refractivity contribution in [1.29, 1.82) is 0 Å². The van der Waals surface area contributed by atoms with Gasteiger partial charge in [0.25, 0.3) is 0 Å². The number of nitrogens with zero attached hydrogens (tertiary/aromatic N) is 2. The van der Waals surface area contributed by atoms with E-state index in [9.17, 15) is 0 Å². The second-order valence-corrected chi connectivity index (χ2v) is 14.5. The normalized spacial score (nSPS) is 13.9. The molecule has 10 rings (SSSR count). The van der Waals surface area contributed by atoms with Crippen molar-refractivity contribution in [3.63, 3.8) is 0 Å². The molecule has 0 spiro atoms. The average Bonchev–Trinajstić information content (AvgIpc) is 3.62. The second-order valence-electron chi connectivity index (χ2n) is 14.5. The number of para-hydroxylation sites is 3. The summed E-state index contributed by atoms with van der Waals surface area (Å²) in [5.74, 6) is 0. The molecule has 8 aromatic carbocycles. The predicted molar refractivity (Wildman–Crippen MR) is 238 cm³/mol. The summed E-state index contributed by atoms with van der Waals surface area (Å²) in [4.78, 5) is 2.37. The Labute approximate surface area is 328 Å². The Balaban J connectivity index is 1.07. The van der Waals surface area contributed by atoms with Crippen molar-refractivity contribution < 1.29 is 0 Å². The Hall–Kier alpha value is -7.16. The molecule has 1 aliphatic carbocycles. The maximum atomic E-state index is 2.57. The number of allylic oxidation sites excluding steroid dienone is 4. The second kappa shape index (κ2) is 14.6. The van der Waals surface area contributed by atoms with Crippen molar-refractivity contribution in [2.45, 2.75) is 12.5 Å². The minimum atomic E-state index is 0.137. The summed E-state index contributed by atoms with van der Waals surface area (Å²) in [5.41, 5.74) is 15.7. The van der Waals surface area contributed by atoms with Crippen LogP contribution in [-0.4, -0.2) is 4.57 Å². The van der Waals surface area contributed by atoms with Gasteiger partial charge in [0, 0.05) is 38.9 Å². The van der Waals surface area contributed by atoms with Gasteiger partial charge in [-0.05, 0) is 99.5 Å². The van der Waals surface area contributed by atoms with Gasteiger partial charge >= 0.3 is 0 Å². The first-order valence-corrected chi connectivity index (χ1v) is 19.5. The van der Waals surface area contributed by atoms with Gasteiger partial charge < -0.3 is 9.47 Å². The van der Waals surface area contributed by atoms with Crippen molar-refractivity contribution in [2.75, 3.05) is 4.90 Å². The van der Waals surface area contributed by atoms with E-state index in [1.54, 1.807) is 0 Å². The van der Waals surface area contributed by atoms with Crippen LogP contribution in [0.1, 0.15) is 18.0 Å². The summed E-state index contributed by atoms with van der Waals surface area (Å²) in [6, 6.07) is 74.8. The molecule has 0 saturated carbocycles. The highest BCUT2D eigenvalue weighted by Gasteiger charge is 2.26. The molecule has 1 atom stereocenters. The Bertz CT molecular complexity index is 2790. The molecule has 2 heteroatoms. The fraction of sp³-hybridized carbons (Fsp3) is 0.0370. The Morgan fingerprint density at radius 2 is 0.857 bits per heavy atom. The lowest BCUT2D eigenvalue weighted by atomic mass is 9.86. The van der Waals surface area contributed by atoms with E-state index in [-0.39, 0.29) is 6.04 Å². The minimum Gasteiger partial charge on any atom is -0.332 e. The van der Waals surface area contributed by atoms with Gasteiger partial charge in [0.1, 0.15) is 0 Å². The van der Waals surface area contributed by atoms with E-state index in [0.29, 0.717) is 0 Å². The lowest BCUT2D eigenvalue weighted by Crippen LogP contribution is -2.14. The van der Waals surface area contributed by atoms with E-state index >= 15 is 0 Å². The fourth-order valence-corrected chi connectivity index (χ4v) is 8.51. The molecule has 0 saturated heterocycles. The third kappa shape index (κ3) is 6.12. The molecule has 9 aromatic rings. The van der Waals surface area contributed by atoms with Gasteiger partial charge in [-0.3, -0.25) is 0 Å². The molecule has 1 heterocycles. The van der Waals surface area contributed by atoms with E-state index in [1.807, 2.05) is 0 Å². The number of hydrogen-bond donors (Lipinski definition) is 0. The van der Waals surface area contributed by atoms with Crippen molar-refractivity contribution in [3.05, 3.63) is 230 Å². The Kier molecular flexibility index (Phi) is 8.70. The van der Waals surface area contributed by atoms with Crippen molar-refractivity contribution >= 4 is 44.4 Å². The summed E-state index contributed by atoms with van der Waals surface area (Å²) in [6.45, 7) is 0. The molecule has 0 amide bonds. The van der Waals surface area contributed by atoms with Gasteiger partial charge in [-0.25, -0.2) is 0 Å². The largest absolute Gasteiger partial charge is 0.332 e. The number of fused-ring (bicyclic) bond motifs is 3. The quantitative estimate of drug-likeness (QED) is 0.152. The maximum absolute atomic E-state index is 2.57. The van der Waals surface area contributed by atoms with Gasteiger partial charge in [-0.2, -0.15) is 0 Å². The molecule has 0 N–H and O–H groups in total. The van der Waals surface area contributed by atoms with Crippen LogP contribution in [0.25, 0.3) is 60.8 Å². The third-order valence-corrected chi connectivity index (χ3v) is 11.2. The number of hydrogen-bond acceptors (Lipinski definition) is 1. The zero-order valence-electron chi connectivity index (χ0n) is 31.0. The molecule has 1 aromatic heterocycles. The average molecular weight is 717 g/mol. The highest BCUT2D eigenvalue weighted by atomic mass is 15.1. The lowest BCUT2D eigenvalue weighted by Gasteiger charge is -2.30. The van der Waals surface area contributed by atoms with E-state index in [2.05, 4.69) is 234 Å². The predicted octanol–water partition coefficient (Wildman–Crippen LogP) is 14.8. The molecule has 56 heavy (non-hydrogen) atoms. The van der Waals surface area contributed by atoms with Crippen LogP contribution in [0, 0.1) is 0 Å². The molecule has 0 bridgehead atoms. The van der Waals surface area contributed by atoms with E-state index in [4.69, 9.17) is 0 Å². The molecule has 1 unspecified atom stereocenters. The van der Waals surface area contributed by atoms with Gasteiger partial charge in [0.05, 0.1) is 6.04 Å². The number of benzene rings is 8. The summed E-state index contributed by atoms with van der Waals surface area (Å²) in [7, 11) is 0. The summed E-state index contributed by atoms with van der Waals surface area (Å²) >= 11 is 0. The van der Waals surface area contributed by atoms with E-state index in [0.717, 1.165) is 23.5 Å². The number of aromatic nitrogens is 1. The number of rotatable bonds is 8. The number of anilines is 3. The topological polar surface area (TPSA) is 8.17 Å². The highest BCUT2D eigenvalue weighted by molar-refractivity contribution is 6.08. The van der Waals surface area contributed by atoms with Gasteiger partial charge in [-0.1, -0.05) is 176 Å². The van der Waals surface area contributed by atoms with E-state index < -0.39 is 0 Å². The molecule has 0 fully saturated rings. The molecule has 2 nitrogen and oxygen atoms in total. The first kappa shape index (κ1) is 33.4. The van der Waals surface area contributed by atoms with Crippen LogP contribution in [0.5, 0.6) is 0 Å². The third-order valence-electron chi connectivity index (χ3n) is 11.2. The standard InChI is InChI=1S/C54H40N2/c1-4-16-39(17-5-1)40-28-30-41(31-29-40)42-32-34-45(35-33-42)55(44-20-8-3-9-21-44)46-36-37-47(51(38-46)43-18-6-2-7-19-43)48-22-10-13-25-52(48)56-53-26-14-11-23-49(53)50-24-12-15-27-54(50)56/h1-24,26-38,52H,25H2. The van der Waals surface area contributed by atoms with E-state index in [1.165, 1.54) is 66.3 Å². The van der Waals surface area contributed by atoms with Crippen LogP contribution in [0.3, 0.4) is 0 Å². The molecule has 266 valence electrons. The Morgan fingerprint density at radius 1 is 0.393 bits per heavy atom. The molecule has 0 radical (unpaired) electrons.